The normalized spacial score (nSPS) is 14.2. The van der Waals surface area contributed by atoms with E-state index in [1.54, 1.807) is 0 Å². The number of H-pyrrole nitrogens is 1. The number of nitrogens with zero attached hydrogens (tertiary/aromatic N) is 1. The number of hydrogen-bond acceptors (Lipinski definition) is 8. The number of hydrogen-bond donors (Lipinski definition) is 6. The number of nitrogens with two attached hydrogens (primary N) is 3. The molecule has 9 N–H and O–H groups in total. The van der Waals surface area contributed by atoms with Crippen LogP contribution in [0.4, 0.5) is 0 Å². The zero-order valence-corrected chi connectivity index (χ0v) is 25.0. The molecule has 1 amide bonds. The van der Waals surface area contributed by atoms with Crippen molar-refractivity contribution in [3.05, 3.63) is 18.2 Å². The van der Waals surface area contributed by atoms with Crippen molar-refractivity contribution in [1.29, 1.82) is 0 Å². The summed E-state index contributed by atoms with van der Waals surface area (Å²) < 4.78 is 0. The molecule has 0 aliphatic carbocycles. The second-order valence-corrected chi connectivity index (χ2v) is 11.1. The molecule has 0 spiro atoms. The Morgan fingerprint density at radius 2 is 1.49 bits per heavy atom. The number of rotatable bonds is 26. The third-order valence-corrected chi connectivity index (χ3v) is 7.74. The van der Waals surface area contributed by atoms with Crippen LogP contribution in [0.3, 0.4) is 0 Å². The van der Waals surface area contributed by atoms with Crippen molar-refractivity contribution >= 4 is 23.4 Å². The molecule has 0 aromatic carbocycles. The number of carboxylic acid groups (broad SMARTS) is 1. The van der Waals surface area contributed by atoms with Gasteiger partial charge >= 0.3 is 5.97 Å². The number of ketones is 2. The topological polar surface area (TPSA) is 207 Å². The van der Waals surface area contributed by atoms with Crippen LogP contribution in [0.15, 0.2) is 12.5 Å². The van der Waals surface area contributed by atoms with Gasteiger partial charge in [0, 0.05) is 24.7 Å². The maximum atomic E-state index is 13.7. The van der Waals surface area contributed by atoms with Crippen LogP contribution in [-0.2, 0) is 25.6 Å². The van der Waals surface area contributed by atoms with E-state index in [-0.39, 0.29) is 31.6 Å². The molecule has 41 heavy (non-hydrogen) atoms. The third-order valence-electron chi connectivity index (χ3n) is 7.74. The molecule has 0 fully saturated rings. The molecule has 11 heteroatoms. The smallest absolute Gasteiger partial charge is 0.332 e. The minimum Gasteiger partial charge on any atom is -0.480 e. The summed E-state index contributed by atoms with van der Waals surface area (Å²) in [6.45, 7) is 2.05. The molecule has 0 bridgehead atoms. The second kappa shape index (κ2) is 21.1. The summed E-state index contributed by atoms with van der Waals surface area (Å²) in [5.74, 6) is -4.85. The van der Waals surface area contributed by atoms with Crippen LogP contribution < -0.4 is 22.5 Å². The van der Waals surface area contributed by atoms with Gasteiger partial charge in [0.25, 0.3) is 0 Å². The van der Waals surface area contributed by atoms with Gasteiger partial charge in [-0.1, -0.05) is 84.0 Å². The average molecular weight is 579 g/mol. The Morgan fingerprint density at radius 3 is 1.95 bits per heavy atom. The number of aromatic nitrogens is 2. The minimum absolute atomic E-state index is 0.0595. The highest BCUT2D eigenvalue weighted by atomic mass is 16.4. The van der Waals surface area contributed by atoms with Crippen LogP contribution in [0, 0.1) is 5.92 Å². The van der Waals surface area contributed by atoms with E-state index in [4.69, 9.17) is 17.2 Å². The van der Waals surface area contributed by atoms with Gasteiger partial charge in [-0.2, -0.15) is 0 Å². The van der Waals surface area contributed by atoms with Gasteiger partial charge in [-0.05, 0) is 25.8 Å². The molecule has 0 aliphatic heterocycles. The monoisotopic (exact) mass is 578 g/mol. The van der Waals surface area contributed by atoms with Crippen LogP contribution in [0.1, 0.15) is 115 Å². The van der Waals surface area contributed by atoms with E-state index >= 15 is 0 Å². The highest BCUT2D eigenvalue weighted by Crippen LogP contribution is 2.27. The van der Waals surface area contributed by atoms with Crippen LogP contribution >= 0.6 is 0 Å². The van der Waals surface area contributed by atoms with Crippen molar-refractivity contribution in [2.75, 3.05) is 13.1 Å². The maximum absolute atomic E-state index is 13.7. The molecule has 0 saturated carbocycles. The summed E-state index contributed by atoms with van der Waals surface area (Å²) in [5.41, 5.74) is 15.4. The van der Waals surface area contributed by atoms with Gasteiger partial charge in [-0.15, -0.1) is 0 Å². The molecule has 0 aliphatic rings. The quantitative estimate of drug-likeness (QED) is 0.0703. The number of carboxylic acids is 1. The van der Waals surface area contributed by atoms with Crippen molar-refractivity contribution in [2.45, 2.75) is 128 Å². The number of aliphatic carboxylic acids is 1. The van der Waals surface area contributed by atoms with Gasteiger partial charge < -0.3 is 32.6 Å². The zero-order valence-electron chi connectivity index (χ0n) is 25.0. The van der Waals surface area contributed by atoms with E-state index < -0.39 is 41.7 Å². The number of carbonyl (C=O) groups excluding carboxylic acids is 3. The van der Waals surface area contributed by atoms with Gasteiger partial charge in [0.2, 0.25) is 5.91 Å². The summed E-state index contributed by atoms with van der Waals surface area (Å²) in [6, 6.07) is -1.31. The van der Waals surface area contributed by atoms with E-state index in [2.05, 4.69) is 22.2 Å². The predicted molar refractivity (Wildman–Crippen MR) is 160 cm³/mol. The lowest BCUT2D eigenvalue weighted by Crippen LogP contribution is -2.67. The first kappa shape index (κ1) is 36.4. The average Bonchev–Trinajstić information content (AvgIpc) is 3.47. The SMILES string of the molecule is CCCCCCCCCCCCCCCC(=O)C(CCCN)C(N)(C(=O)O)C(=O)C(Cc1cnc[nH]1)NC(=O)CN. The molecule has 0 radical (unpaired) electrons. The molecule has 1 rings (SSSR count). The number of aromatic amines is 1. The van der Waals surface area contributed by atoms with Gasteiger partial charge in [-0.25, -0.2) is 9.78 Å². The molecule has 3 atom stereocenters. The Labute approximate surface area is 245 Å². The number of carbonyl (C=O) groups is 4. The lowest BCUT2D eigenvalue weighted by molar-refractivity contribution is -0.155. The summed E-state index contributed by atoms with van der Waals surface area (Å²) >= 11 is 0. The first-order valence-electron chi connectivity index (χ1n) is 15.5. The fourth-order valence-corrected chi connectivity index (χ4v) is 5.25. The summed E-state index contributed by atoms with van der Waals surface area (Å²) in [5, 5.41) is 12.7. The Kier molecular flexibility index (Phi) is 18.8. The number of nitrogens with one attached hydrogen (secondary N) is 2. The van der Waals surface area contributed by atoms with E-state index in [0.717, 1.165) is 19.3 Å². The van der Waals surface area contributed by atoms with Crippen LogP contribution in [-0.4, -0.2) is 63.2 Å². The fourth-order valence-electron chi connectivity index (χ4n) is 5.25. The molecule has 234 valence electrons. The molecule has 11 nitrogen and oxygen atoms in total. The number of imidazole rings is 1. The Hall–Kier alpha value is -2.63. The van der Waals surface area contributed by atoms with Crippen molar-refractivity contribution < 1.29 is 24.3 Å². The minimum atomic E-state index is -2.53. The summed E-state index contributed by atoms with van der Waals surface area (Å²) in [4.78, 5) is 58.4. The van der Waals surface area contributed by atoms with Crippen molar-refractivity contribution in [2.24, 2.45) is 23.1 Å². The van der Waals surface area contributed by atoms with Gasteiger partial charge in [-0.3, -0.25) is 14.4 Å². The van der Waals surface area contributed by atoms with E-state index in [0.29, 0.717) is 18.5 Å². The predicted octanol–water partition coefficient (Wildman–Crippen LogP) is 3.15. The number of amides is 1. The summed E-state index contributed by atoms with van der Waals surface area (Å²) in [7, 11) is 0. The lowest BCUT2D eigenvalue weighted by Gasteiger charge is -2.34. The Morgan fingerprint density at radius 1 is 0.927 bits per heavy atom. The molecule has 1 aromatic rings. The molecule has 0 saturated heterocycles. The zero-order chi connectivity index (χ0) is 30.5. The third kappa shape index (κ3) is 13.3. The highest BCUT2D eigenvalue weighted by Gasteiger charge is 2.53. The molecular weight excluding hydrogens is 524 g/mol. The van der Waals surface area contributed by atoms with E-state index in [9.17, 15) is 24.3 Å². The van der Waals surface area contributed by atoms with Crippen LogP contribution in [0.2, 0.25) is 0 Å². The van der Waals surface area contributed by atoms with Crippen molar-refractivity contribution in [3.63, 3.8) is 0 Å². The fraction of sp³-hybridized carbons (Fsp3) is 0.767. The molecular formula is C30H54N6O5. The molecule has 1 heterocycles. The van der Waals surface area contributed by atoms with E-state index in [1.807, 2.05) is 0 Å². The standard InChI is InChI=1S/C30H54N6O5/c1-2-3-4-5-6-7-8-9-10-11-12-13-14-17-26(37)24(16-15-18-31)30(33,29(40)41)28(39)25(36-27(38)20-32)19-23-21-34-22-35-23/h21-22,24-25H,2-20,31-33H2,1H3,(H,34,35)(H,36,38)(H,40,41). The van der Waals surface area contributed by atoms with Crippen LogP contribution in [0.5, 0.6) is 0 Å². The van der Waals surface area contributed by atoms with Gasteiger partial charge in [0.15, 0.2) is 11.3 Å². The van der Waals surface area contributed by atoms with Crippen molar-refractivity contribution in [3.8, 4) is 0 Å². The van der Waals surface area contributed by atoms with Gasteiger partial charge in [0.1, 0.15) is 5.78 Å². The van der Waals surface area contributed by atoms with Crippen LogP contribution in [0.25, 0.3) is 0 Å². The Balaban J connectivity index is 2.74. The highest BCUT2D eigenvalue weighted by molar-refractivity contribution is 6.14. The summed E-state index contributed by atoms with van der Waals surface area (Å²) in [6.07, 6.45) is 18.4. The van der Waals surface area contributed by atoms with E-state index in [1.165, 1.54) is 70.3 Å². The maximum Gasteiger partial charge on any atom is 0.332 e. The molecule has 3 unspecified atom stereocenters. The number of unbranched alkanes of at least 4 members (excludes halogenated alkanes) is 12. The first-order chi connectivity index (χ1) is 19.7. The second-order valence-electron chi connectivity index (χ2n) is 11.1. The largest absolute Gasteiger partial charge is 0.480 e. The molecule has 1 aromatic heterocycles. The van der Waals surface area contributed by atoms with Gasteiger partial charge in [0.05, 0.1) is 24.8 Å². The number of Topliss-reactive ketones (excluding diaryl/α,β-unsaturated/α-hetero) is 2. The Bertz CT molecular complexity index is 894. The van der Waals surface area contributed by atoms with Crippen molar-refractivity contribution in [1.82, 2.24) is 15.3 Å². The first-order valence-corrected chi connectivity index (χ1v) is 15.5. The lowest BCUT2D eigenvalue weighted by atomic mass is 9.72.